The lowest BCUT2D eigenvalue weighted by Gasteiger charge is -2.33. The second kappa shape index (κ2) is 8.78. The van der Waals surface area contributed by atoms with Gasteiger partial charge < -0.3 is 5.32 Å². The molecule has 3 aromatic rings. The molecule has 2 saturated heterocycles. The van der Waals surface area contributed by atoms with E-state index in [1.165, 1.54) is 9.80 Å². The van der Waals surface area contributed by atoms with Gasteiger partial charge in [-0.2, -0.15) is 0 Å². The van der Waals surface area contributed by atoms with E-state index in [9.17, 15) is 24.0 Å². The molecule has 8 heteroatoms. The summed E-state index contributed by atoms with van der Waals surface area (Å²) in [5.41, 5.74) is 2.82. The molecule has 1 N–H and O–H groups in total. The van der Waals surface area contributed by atoms with Crippen LogP contribution in [0.3, 0.4) is 0 Å². The minimum absolute atomic E-state index is 0.129. The van der Waals surface area contributed by atoms with Gasteiger partial charge in [-0.3, -0.25) is 33.8 Å². The molecule has 3 aliphatic heterocycles. The van der Waals surface area contributed by atoms with Gasteiger partial charge in [0.15, 0.2) is 0 Å². The van der Waals surface area contributed by atoms with Crippen molar-refractivity contribution in [2.45, 2.75) is 18.4 Å². The molecule has 0 radical (unpaired) electrons. The van der Waals surface area contributed by atoms with E-state index < -0.39 is 5.54 Å². The number of allylic oxidation sites excluding steroid dienone is 4. The van der Waals surface area contributed by atoms with Crippen LogP contribution in [0, 0.1) is 47.3 Å². The Kier molecular flexibility index (Phi) is 4.99. The van der Waals surface area contributed by atoms with Crippen LogP contribution >= 0.6 is 0 Å². The van der Waals surface area contributed by atoms with E-state index in [0.717, 1.165) is 29.5 Å². The number of nitrogens with zero attached hydrogens (tertiary/aromatic N) is 2. The summed E-state index contributed by atoms with van der Waals surface area (Å²) in [6, 6.07) is 22.0. The van der Waals surface area contributed by atoms with Gasteiger partial charge in [0.25, 0.3) is 5.91 Å². The molecule has 46 heavy (non-hydrogen) atoms. The third-order valence-electron chi connectivity index (χ3n) is 11.9. The van der Waals surface area contributed by atoms with Crippen molar-refractivity contribution in [3.8, 4) is 0 Å². The second-order valence-corrected chi connectivity index (χ2v) is 13.9. The lowest BCUT2D eigenvalue weighted by atomic mass is 9.78. The van der Waals surface area contributed by atoms with E-state index in [1.807, 2.05) is 42.5 Å². The van der Waals surface area contributed by atoms with Crippen LogP contribution in [0.1, 0.15) is 39.9 Å². The number of anilines is 2. The van der Waals surface area contributed by atoms with Gasteiger partial charge in [0.1, 0.15) is 5.54 Å². The highest BCUT2D eigenvalue weighted by Crippen LogP contribution is 2.55. The molecule has 226 valence electrons. The van der Waals surface area contributed by atoms with Crippen LogP contribution < -0.4 is 15.1 Å². The number of fused-ring (bicyclic) bond motifs is 11. The van der Waals surface area contributed by atoms with Crippen LogP contribution in [-0.4, -0.2) is 29.5 Å². The number of rotatable bonds is 4. The van der Waals surface area contributed by atoms with E-state index in [1.54, 1.807) is 30.3 Å². The van der Waals surface area contributed by atoms with Gasteiger partial charge in [0, 0.05) is 5.56 Å². The van der Waals surface area contributed by atoms with Crippen molar-refractivity contribution in [1.29, 1.82) is 0 Å². The standard InChI is InChI=1S/C38H29N3O5/c42-33-27-3-1-2-4-28(27)38(39-33,23-9-13-25(14-10-23)40-34(43)29-19-5-6-20(17-19)30(29)35(40)44)24-11-15-26(16-12-24)41-36(45)31-21-7-8-22(18-21)32(31)37(41)46/h1-16,19-22,29-32H,17-18H2,(H,39,42)/t19-,20-,21-,22+,29-,30+,31-,32+,38?/m0/s1. The number of carbonyl (C=O) groups excluding carboxylic acids is 5. The molecule has 0 aromatic heterocycles. The van der Waals surface area contributed by atoms with Crippen molar-refractivity contribution < 1.29 is 24.0 Å². The lowest BCUT2D eigenvalue weighted by Crippen LogP contribution is -2.41. The molecule has 9 atom stereocenters. The SMILES string of the molecule is O=C1NC(c2ccc(N3C(=O)[C@@H]4[C@H](C3=O)[C@@H]3C=C[C@H]4C3)cc2)(c2ccc(N3C(=O)[C@@H]4[C@H](C3=O)[C@H]3C=C[C@H]4C3)cc2)c2ccccc21. The molecule has 2 saturated carbocycles. The molecular weight excluding hydrogens is 578 g/mol. The third kappa shape index (κ3) is 3.07. The topological polar surface area (TPSA) is 104 Å². The number of carbonyl (C=O) groups is 5. The first-order valence-electron chi connectivity index (χ1n) is 16.1. The molecule has 8 nitrogen and oxygen atoms in total. The van der Waals surface area contributed by atoms with Gasteiger partial charge in [-0.25, -0.2) is 0 Å². The fourth-order valence-electron chi connectivity index (χ4n) is 9.97. The van der Waals surface area contributed by atoms with Gasteiger partial charge in [0.05, 0.1) is 35.0 Å². The van der Waals surface area contributed by atoms with E-state index in [0.29, 0.717) is 16.9 Å². The van der Waals surface area contributed by atoms with Crippen LogP contribution in [0.5, 0.6) is 0 Å². The van der Waals surface area contributed by atoms with Crippen LogP contribution in [0.25, 0.3) is 0 Å². The Hall–Kier alpha value is -5.11. The lowest BCUT2D eigenvalue weighted by molar-refractivity contribution is -0.124. The quantitative estimate of drug-likeness (QED) is 0.351. The van der Waals surface area contributed by atoms with Crippen molar-refractivity contribution in [3.63, 3.8) is 0 Å². The summed E-state index contributed by atoms with van der Waals surface area (Å²) < 4.78 is 0. The highest BCUT2D eigenvalue weighted by molar-refractivity contribution is 6.23. The van der Waals surface area contributed by atoms with Gasteiger partial charge in [-0.05, 0) is 83.5 Å². The molecule has 0 spiro atoms. The van der Waals surface area contributed by atoms with Crippen LogP contribution in [0.2, 0.25) is 0 Å². The number of imide groups is 2. The minimum Gasteiger partial charge on any atom is -0.334 e. The smallest absolute Gasteiger partial charge is 0.252 e. The average molecular weight is 608 g/mol. The molecule has 3 aromatic carbocycles. The van der Waals surface area contributed by atoms with E-state index >= 15 is 0 Å². The van der Waals surface area contributed by atoms with Crippen LogP contribution in [0.15, 0.2) is 97.1 Å². The summed E-state index contributed by atoms with van der Waals surface area (Å²) in [6.45, 7) is 0. The Balaban J connectivity index is 1.02. The summed E-state index contributed by atoms with van der Waals surface area (Å²) in [7, 11) is 0. The van der Waals surface area contributed by atoms with Gasteiger partial charge in [-0.15, -0.1) is 0 Å². The Morgan fingerprint density at radius 3 is 1.33 bits per heavy atom. The van der Waals surface area contributed by atoms with E-state index in [4.69, 9.17) is 0 Å². The van der Waals surface area contributed by atoms with Crippen molar-refractivity contribution in [2.24, 2.45) is 47.3 Å². The zero-order valence-corrected chi connectivity index (χ0v) is 24.7. The first-order chi connectivity index (χ1) is 22.4. The monoisotopic (exact) mass is 607 g/mol. The molecule has 4 bridgehead atoms. The molecule has 7 aliphatic rings. The van der Waals surface area contributed by atoms with Crippen molar-refractivity contribution in [1.82, 2.24) is 5.32 Å². The minimum atomic E-state index is -1.07. The van der Waals surface area contributed by atoms with Crippen molar-refractivity contribution in [2.75, 3.05) is 9.80 Å². The molecular formula is C38H29N3O5. The zero-order chi connectivity index (χ0) is 31.1. The maximum atomic E-state index is 13.5. The predicted molar refractivity (Wildman–Crippen MR) is 167 cm³/mol. The molecule has 3 heterocycles. The van der Waals surface area contributed by atoms with Gasteiger partial charge in [-0.1, -0.05) is 66.8 Å². The second-order valence-electron chi connectivity index (χ2n) is 13.9. The number of hydrogen-bond donors (Lipinski definition) is 1. The van der Waals surface area contributed by atoms with E-state index in [-0.39, 0.29) is 76.9 Å². The number of benzene rings is 3. The average Bonchev–Trinajstić information content (AvgIpc) is 3.94. The fraction of sp³-hybridized carbons (Fsp3) is 0.289. The summed E-state index contributed by atoms with van der Waals surface area (Å²) in [4.78, 5) is 70.0. The van der Waals surface area contributed by atoms with Crippen molar-refractivity contribution >= 4 is 40.9 Å². The Labute approximate surface area is 264 Å². The number of nitrogens with one attached hydrogen (secondary N) is 1. The first-order valence-corrected chi connectivity index (χ1v) is 16.1. The third-order valence-corrected chi connectivity index (χ3v) is 11.9. The largest absolute Gasteiger partial charge is 0.334 e. The maximum absolute atomic E-state index is 13.5. The number of amides is 5. The van der Waals surface area contributed by atoms with Crippen molar-refractivity contribution in [3.05, 3.63) is 119 Å². The summed E-state index contributed by atoms with van der Waals surface area (Å²) >= 11 is 0. The highest BCUT2D eigenvalue weighted by Gasteiger charge is 2.61. The molecule has 5 amide bonds. The summed E-state index contributed by atoms with van der Waals surface area (Å²) in [5.74, 6) is -1.38. The van der Waals surface area contributed by atoms with Crippen LogP contribution in [0.4, 0.5) is 11.4 Å². The fourth-order valence-corrected chi connectivity index (χ4v) is 9.97. The Morgan fingerprint density at radius 1 is 0.522 bits per heavy atom. The molecule has 4 aliphatic carbocycles. The first kappa shape index (κ1) is 26.1. The van der Waals surface area contributed by atoms with Crippen LogP contribution in [-0.2, 0) is 24.7 Å². The van der Waals surface area contributed by atoms with E-state index in [2.05, 4.69) is 29.6 Å². The number of hydrogen-bond acceptors (Lipinski definition) is 5. The maximum Gasteiger partial charge on any atom is 0.252 e. The predicted octanol–water partition coefficient (Wildman–Crippen LogP) is 4.34. The summed E-state index contributed by atoms with van der Waals surface area (Å²) in [5, 5.41) is 3.23. The molecule has 4 fully saturated rings. The summed E-state index contributed by atoms with van der Waals surface area (Å²) in [6.07, 6.45) is 10.1. The van der Waals surface area contributed by atoms with Gasteiger partial charge >= 0.3 is 0 Å². The zero-order valence-electron chi connectivity index (χ0n) is 24.7. The Morgan fingerprint density at radius 2 is 0.913 bits per heavy atom. The van der Waals surface area contributed by atoms with Gasteiger partial charge in [0.2, 0.25) is 23.6 Å². The highest BCUT2D eigenvalue weighted by atomic mass is 16.2. The molecule has 10 rings (SSSR count). The Bertz CT molecular complexity index is 1820. The molecule has 1 unspecified atom stereocenters. The normalized spacial score (nSPS) is 35.9.